The van der Waals surface area contributed by atoms with Crippen LogP contribution in [0, 0.1) is 6.92 Å². The highest BCUT2D eigenvalue weighted by atomic mass is 16.4. The lowest BCUT2D eigenvalue weighted by molar-refractivity contribution is 0.0622. The summed E-state index contributed by atoms with van der Waals surface area (Å²) in [5.41, 5.74) is 1.67. The zero-order chi connectivity index (χ0) is 19.5. The van der Waals surface area contributed by atoms with Crippen molar-refractivity contribution >= 4 is 16.8 Å². The molecule has 28 heavy (non-hydrogen) atoms. The minimum atomic E-state index is 0.0804. The molecule has 2 N–H and O–H groups in total. The maximum atomic E-state index is 13.2. The van der Waals surface area contributed by atoms with E-state index in [-0.39, 0.29) is 11.9 Å². The molecule has 7 heteroatoms. The number of carbonyl (C=O) groups excluding carboxylic acids is 1. The molecule has 7 nitrogen and oxygen atoms in total. The number of hydrogen-bond acceptors (Lipinski definition) is 5. The molecule has 1 aromatic carbocycles. The molecule has 2 heterocycles. The average molecular weight is 381 g/mol. The van der Waals surface area contributed by atoms with Crippen molar-refractivity contribution in [3.05, 3.63) is 47.8 Å². The van der Waals surface area contributed by atoms with Gasteiger partial charge >= 0.3 is 0 Å². The number of benzene rings is 1. The van der Waals surface area contributed by atoms with E-state index in [0.717, 1.165) is 36.6 Å². The molecule has 1 aliphatic rings. The van der Waals surface area contributed by atoms with Crippen molar-refractivity contribution in [3.8, 4) is 0 Å². The molecular weight excluding hydrogens is 354 g/mol. The predicted molar refractivity (Wildman–Crippen MR) is 107 cm³/mol. The van der Waals surface area contributed by atoms with Crippen LogP contribution in [0.2, 0.25) is 0 Å². The van der Waals surface area contributed by atoms with E-state index in [1.807, 2.05) is 35.2 Å². The number of aromatic amines is 1. The quantitative estimate of drug-likeness (QED) is 0.683. The third-order valence-electron chi connectivity index (χ3n) is 5.56. The molecule has 2 atom stereocenters. The lowest BCUT2D eigenvalue weighted by atomic mass is 9.89. The predicted octanol–water partition coefficient (Wildman–Crippen LogP) is 3.42. The molecule has 3 aromatic rings. The van der Waals surface area contributed by atoms with E-state index in [1.165, 1.54) is 0 Å². The second kappa shape index (κ2) is 8.14. The summed E-state index contributed by atoms with van der Waals surface area (Å²) in [4.78, 5) is 18.5. The Bertz CT molecular complexity index is 914. The highest BCUT2D eigenvalue weighted by Gasteiger charge is 2.30. The summed E-state index contributed by atoms with van der Waals surface area (Å²) in [6, 6.07) is 10.5. The Morgan fingerprint density at radius 3 is 2.93 bits per heavy atom. The summed E-state index contributed by atoms with van der Waals surface area (Å²) >= 11 is 0. The minimum absolute atomic E-state index is 0.0804. The molecule has 1 saturated carbocycles. The average Bonchev–Trinajstić information content (AvgIpc) is 3.33. The number of fused-ring (bicyclic) bond motifs is 1. The Labute approximate surface area is 164 Å². The third kappa shape index (κ3) is 3.94. The standard InChI is InChI=1S/C21H27N5O2/c1-3-26(21(27)19-11-15-7-4-5-10-18(15)23-19)17-9-6-8-16(12-17)22-13-20-25-24-14(2)28-20/h4-5,7,10-11,16-17,22-23H,3,6,8-9,12-13H2,1-2H3/t16-,17+/m1/s1. The molecule has 1 fully saturated rings. The zero-order valence-electron chi connectivity index (χ0n) is 16.4. The van der Waals surface area contributed by atoms with Gasteiger partial charge in [0, 0.05) is 36.5 Å². The van der Waals surface area contributed by atoms with Crippen molar-refractivity contribution in [1.29, 1.82) is 0 Å². The fraction of sp³-hybridized carbons (Fsp3) is 0.476. The summed E-state index contributed by atoms with van der Waals surface area (Å²) in [5, 5.41) is 12.5. The molecule has 148 valence electrons. The highest BCUT2D eigenvalue weighted by molar-refractivity contribution is 5.98. The SMILES string of the molecule is CCN(C(=O)c1cc2ccccc2[nH]1)[C@H]1CCC[C@@H](NCc2nnc(C)o2)C1. The van der Waals surface area contributed by atoms with E-state index in [1.54, 1.807) is 6.92 Å². The Morgan fingerprint density at radius 1 is 1.32 bits per heavy atom. The fourth-order valence-corrected chi connectivity index (χ4v) is 4.18. The summed E-state index contributed by atoms with van der Waals surface area (Å²) in [7, 11) is 0. The van der Waals surface area contributed by atoms with E-state index in [0.29, 0.717) is 36.6 Å². The van der Waals surface area contributed by atoms with Crippen molar-refractivity contribution in [2.75, 3.05) is 6.54 Å². The third-order valence-corrected chi connectivity index (χ3v) is 5.56. The molecule has 0 saturated heterocycles. The van der Waals surface area contributed by atoms with E-state index >= 15 is 0 Å². The van der Waals surface area contributed by atoms with Crippen molar-refractivity contribution in [2.24, 2.45) is 0 Å². The van der Waals surface area contributed by atoms with Crippen LogP contribution in [0.3, 0.4) is 0 Å². The number of amides is 1. The van der Waals surface area contributed by atoms with Gasteiger partial charge in [-0.05, 0) is 44.7 Å². The Hall–Kier alpha value is -2.67. The van der Waals surface area contributed by atoms with Crippen LogP contribution in [0.5, 0.6) is 0 Å². The van der Waals surface area contributed by atoms with Crippen molar-refractivity contribution in [2.45, 2.75) is 58.2 Å². The topological polar surface area (TPSA) is 87.0 Å². The van der Waals surface area contributed by atoms with Crippen LogP contribution < -0.4 is 5.32 Å². The largest absolute Gasteiger partial charge is 0.424 e. The maximum Gasteiger partial charge on any atom is 0.270 e. The van der Waals surface area contributed by atoms with Gasteiger partial charge in [0.25, 0.3) is 5.91 Å². The first-order chi connectivity index (χ1) is 13.6. The van der Waals surface area contributed by atoms with Gasteiger partial charge in [0.15, 0.2) is 0 Å². The van der Waals surface area contributed by atoms with E-state index in [2.05, 4.69) is 27.4 Å². The fourth-order valence-electron chi connectivity index (χ4n) is 4.18. The van der Waals surface area contributed by atoms with Gasteiger partial charge in [-0.25, -0.2) is 0 Å². The number of H-pyrrole nitrogens is 1. The van der Waals surface area contributed by atoms with Gasteiger partial charge in [-0.3, -0.25) is 4.79 Å². The summed E-state index contributed by atoms with van der Waals surface area (Å²) in [6.07, 6.45) is 4.17. The normalized spacial score (nSPS) is 19.8. The number of nitrogens with one attached hydrogen (secondary N) is 2. The molecule has 0 spiro atoms. The number of nitrogens with zero attached hydrogens (tertiary/aromatic N) is 3. The number of hydrogen-bond donors (Lipinski definition) is 2. The highest BCUT2D eigenvalue weighted by Crippen LogP contribution is 2.25. The molecule has 2 aromatic heterocycles. The first-order valence-electron chi connectivity index (χ1n) is 10.0. The van der Waals surface area contributed by atoms with Gasteiger partial charge in [-0.2, -0.15) is 0 Å². The monoisotopic (exact) mass is 381 g/mol. The van der Waals surface area contributed by atoms with Crippen molar-refractivity contribution in [3.63, 3.8) is 0 Å². The van der Waals surface area contributed by atoms with E-state index in [4.69, 9.17) is 4.42 Å². The van der Waals surface area contributed by atoms with Crippen LogP contribution in [0.4, 0.5) is 0 Å². The zero-order valence-corrected chi connectivity index (χ0v) is 16.4. The summed E-state index contributed by atoms with van der Waals surface area (Å²) in [6.45, 7) is 5.12. The summed E-state index contributed by atoms with van der Waals surface area (Å²) in [5.74, 6) is 1.28. The van der Waals surface area contributed by atoms with Crippen LogP contribution in [0.15, 0.2) is 34.7 Å². The van der Waals surface area contributed by atoms with Gasteiger partial charge < -0.3 is 19.6 Å². The number of rotatable bonds is 6. The maximum absolute atomic E-state index is 13.2. The number of aryl methyl sites for hydroxylation is 1. The second-order valence-corrected chi connectivity index (χ2v) is 7.47. The minimum Gasteiger partial charge on any atom is -0.424 e. The van der Waals surface area contributed by atoms with Crippen LogP contribution in [0.1, 0.15) is 54.9 Å². The smallest absolute Gasteiger partial charge is 0.270 e. The van der Waals surface area contributed by atoms with Crippen LogP contribution in [-0.4, -0.2) is 44.6 Å². The Kier molecular flexibility index (Phi) is 5.43. The van der Waals surface area contributed by atoms with Gasteiger partial charge in [0.1, 0.15) is 5.69 Å². The molecule has 4 rings (SSSR count). The van der Waals surface area contributed by atoms with Crippen molar-refractivity contribution < 1.29 is 9.21 Å². The van der Waals surface area contributed by atoms with Crippen LogP contribution >= 0.6 is 0 Å². The van der Waals surface area contributed by atoms with E-state index < -0.39 is 0 Å². The Balaban J connectivity index is 1.42. The molecule has 0 aliphatic heterocycles. The number of para-hydroxylation sites is 1. The van der Waals surface area contributed by atoms with E-state index in [9.17, 15) is 4.79 Å². The van der Waals surface area contributed by atoms with Gasteiger partial charge in [0.05, 0.1) is 6.54 Å². The van der Waals surface area contributed by atoms with Crippen LogP contribution in [0.25, 0.3) is 10.9 Å². The summed E-state index contributed by atoms with van der Waals surface area (Å²) < 4.78 is 5.44. The second-order valence-electron chi connectivity index (χ2n) is 7.47. The first kappa shape index (κ1) is 18.7. The van der Waals surface area contributed by atoms with Gasteiger partial charge in [-0.1, -0.05) is 18.2 Å². The number of carbonyl (C=O) groups is 1. The molecule has 1 aliphatic carbocycles. The first-order valence-corrected chi connectivity index (χ1v) is 10.0. The molecule has 0 unspecified atom stereocenters. The molecule has 0 bridgehead atoms. The van der Waals surface area contributed by atoms with Gasteiger partial charge in [-0.15, -0.1) is 10.2 Å². The Morgan fingerprint density at radius 2 is 2.18 bits per heavy atom. The number of aromatic nitrogens is 3. The lowest BCUT2D eigenvalue weighted by Gasteiger charge is -2.37. The lowest BCUT2D eigenvalue weighted by Crippen LogP contribution is -2.46. The van der Waals surface area contributed by atoms with Gasteiger partial charge in [0.2, 0.25) is 11.8 Å². The molecular formula is C21H27N5O2. The van der Waals surface area contributed by atoms with Crippen LogP contribution in [-0.2, 0) is 6.54 Å². The van der Waals surface area contributed by atoms with Crippen molar-refractivity contribution in [1.82, 2.24) is 25.4 Å². The molecule has 1 amide bonds. The molecule has 0 radical (unpaired) electrons.